The number of hydrogen-bond donors (Lipinski definition) is 3. The van der Waals surface area contributed by atoms with Crippen molar-refractivity contribution < 1.29 is 19.5 Å². The van der Waals surface area contributed by atoms with Crippen LogP contribution in [0.5, 0.6) is 0 Å². The molecule has 1 amide bonds. The number of hydrogen-bond acceptors (Lipinski definition) is 5. The highest BCUT2D eigenvalue weighted by Crippen LogP contribution is 2.19. The number of aliphatic hydroxyl groups is 1. The number of carbonyl (C=O) groups is 1. The normalized spacial score (nSPS) is 19.3. The van der Waals surface area contributed by atoms with Crippen molar-refractivity contribution in [1.82, 2.24) is 10.8 Å². The van der Waals surface area contributed by atoms with E-state index in [0.717, 1.165) is 12.8 Å². The highest BCUT2D eigenvalue weighted by Gasteiger charge is 2.24. The Hall–Kier alpha value is -0.850. The molecule has 6 nitrogen and oxygen atoms in total. The first-order chi connectivity index (χ1) is 9.81. The number of aliphatic hydroxyl groups excluding tert-OH is 1. The maximum atomic E-state index is 11.7. The van der Waals surface area contributed by atoms with E-state index >= 15 is 0 Å². The Bertz CT molecular complexity index is 311. The predicted octanol–water partition coefficient (Wildman–Crippen LogP) is 2.11. The SMILES string of the molecule is CCC(NC(=O)OC(C)(C)C)[C@H](O)CNOC1CCCC1. The summed E-state index contributed by atoms with van der Waals surface area (Å²) in [6.45, 7) is 7.61. The Morgan fingerprint density at radius 1 is 1.33 bits per heavy atom. The zero-order valence-electron chi connectivity index (χ0n) is 13.6. The van der Waals surface area contributed by atoms with Crippen LogP contribution in [-0.2, 0) is 9.57 Å². The zero-order chi connectivity index (χ0) is 15.9. The average molecular weight is 302 g/mol. The van der Waals surface area contributed by atoms with Gasteiger partial charge >= 0.3 is 6.09 Å². The van der Waals surface area contributed by atoms with E-state index in [1.165, 1.54) is 12.8 Å². The van der Waals surface area contributed by atoms with Gasteiger partial charge in [-0.2, -0.15) is 5.48 Å². The summed E-state index contributed by atoms with van der Waals surface area (Å²) in [5.41, 5.74) is 2.28. The maximum Gasteiger partial charge on any atom is 0.407 e. The largest absolute Gasteiger partial charge is 0.444 e. The van der Waals surface area contributed by atoms with Gasteiger partial charge < -0.3 is 15.2 Å². The quantitative estimate of drug-likeness (QED) is 0.628. The predicted molar refractivity (Wildman–Crippen MR) is 80.8 cm³/mol. The van der Waals surface area contributed by atoms with E-state index in [0.29, 0.717) is 6.42 Å². The van der Waals surface area contributed by atoms with Gasteiger partial charge in [0, 0.05) is 6.54 Å². The Morgan fingerprint density at radius 2 is 1.95 bits per heavy atom. The second-order valence-corrected chi connectivity index (χ2v) is 6.60. The molecule has 21 heavy (non-hydrogen) atoms. The van der Waals surface area contributed by atoms with Gasteiger partial charge in [0.15, 0.2) is 0 Å². The van der Waals surface area contributed by atoms with Crippen LogP contribution < -0.4 is 10.8 Å². The molecule has 3 N–H and O–H groups in total. The number of carbonyl (C=O) groups excluding carboxylic acids is 1. The first-order valence-electron chi connectivity index (χ1n) is 7.88. The second-order valence-electron chi connectivity index (χ2n) is 6.60. The van der Waals surface area contributed by atoms with Crippen LogP contribution in [0.2, 0.25) is 0 Å². The molecule has 0 heterocycles. The topological polar surface area (TPSA) is 79.8 Å². The number of alkyl carbamates (subject to hydrolysis) is 1. The molecule has 0 aromatic rings. The van der Waals surface area contributed by atoms with Gasteiger partial charge in [-0.1, -0.05) is 19.8 Å². The van der Waals surface area contributed by atoms with Crippen LogP contribution in [0.1, 0.15) is 59.8 Å². The molecular weight excluding hydrogens is 272 g/mol. The molecule has 2 atom stereocenters. The lowest BCUT2D eigenvalue weighted by Gasteiger charge is -2.26. The van der Waals surface area contributed by atoms with Crippen molar-refractivity contribution in [2.24, 2.45) is 0 Å². The van der Waals surface area contributed by atoms with Crippen LogP contribution in [-0.4, -0.2) is 41.6 Å². The van der Waals surface area contributed by atoms with Crippen LogP contribution >= 0.6 is 0 Å². The Balaban J connectivity index is 2.27. The van der Waals surface area contributed by atoms with E-state index in [-0.39, 0.29) is 18.7 Å². The Kier molecular flexibility index (Phi) is 7.42. The molecule has 1 rings (SSSR count). The minimum Gasteiger partial charge on any atom is -0.444 e. The summed E-state index contributed by atoms with van der Waals surface area (Å²) in [5, 5.41) is 12.8. The zero-order valence-corrected chi connectivity index (χ0v) is 13.6. The van der Waals surface area contributed by atoms with E-state index in [1.54, 1.807) is 20.8 Å². The van der Waals surface area contributed by atoms with Crippen molar-refractivity contribution in [3.63, 3.8) is 0 Å². The highest BCUT2D eigenvalue weighted by molar-refractivity contribution is 5.68. The van der Waals surface area contributed by atoms with Crippen LogP contribution in [0.25, 0.3) is 0 Å². The molecule has 0 radical (unpaired) electrons. The van der Waals surface area contributed by atoms with Crippen LogP contribution in [0.15, 0.2) is 0 Å². The third kappa shape index (κ3) is 7.64. The van der Waals surface area contributed by atoms with E-state index < -0.39 is 17.8 Å². The fourth-order valence-corrected chi connectivity index (χ4v) is 2.33. The second kappa shape index (κ2) is 8.56. The Morgan fingerprint density at radius 3 is 2.48 bits per heavy atom. The first-order valence-corrected chi connectivity index (χ1v) is 7.88. The number of ether oxygens (including phenoxy) is 1. The van der Waals surface area contributed by atoms with Crippen molar-refractivity contribution in [2.75, 3.05) is 6.54 Å². The minimum atomic E-state index is -0.719. The molecule has 0 aliphatic heterocycles. The van der Waals surface area contributed by atoms with Crippen LogP contribution in [0.4, 0.5) is 4.79 Å². The van der Waals surface area contributed by atoms with Gasteiger partial charge in [0.2, 0.25) is 0 Å². The molecular formula is C15H30N2O4. The third-order valence-electron chi connectivity index (χ3n) is 3.45. The first kappa shape index (κ1) is 18.2. The summed E-state index contributed by atoms with van der Waals surface area (Å²) in [7, 11) is 0. The molecule has 0 aromatic carbocycles. The summed E-state index contributed by atoms with van der Waals surface area (Å²) >= 11 is 0. The number of hydroxylamine groups is 1. The smallest absolute Gasteiger partial charge is 0.407 e. The lowest BCUT2D eigenvalue weighted by Crippen LogP contribution is -2.48. The molecule has 1 fully saturated rings. The van der Waals surface area contributed by atoms with E-state index in [2.05, 4.69) is 10.8 Å². The van der Waals surface area contributed by atoms with Gasteiger partial charge in [0.05, 0.1) is 18.2 Å². The van der Waals surface area contributed by atoms with E-state index in [9.17, 15) is 9.90 Å². The standard InChI is InChI=1S/C15H30N2O4/c1-5-12(17-14(19)20-15(2,3)4)13(18)10-16-21-11-8-6-7-9-11/h11-13,16,18H,5-10H2,1-4H3,(H,17,19)/t12?,13-/m1/s1. The van der Waals surface area contributed by atoms with Gasteiger partial charge in [-0.3, -0.25) is 4.84 Å². The summed E-state index contributed by atoms with van der Waals surface area (Å²) in [5.74, 6) is 0. The van der Waals surface area contributed by atoms with Crippen molar-refractivity contribution in [2.45, 2.75) is 83.6 Å². The fraction of sp³-hybridized carbons (Fsp3) is 0.933. The number of rotatable bonds is 7. The van der Waals surface area contributed by atoms with Crippen molar-refractivity contribution in [3.05, 3.63) is 0 Å². The maximum absolute atomic E-state index is 11.7. The van der Waals surface area contributed by atoms with Gasteiger partial charge in [-0.15, -0.1) is 0 Å². The van der Waals surface area contributed by atoms with Gasteiger partial charge in [0.25, 0.3) is 0 Å². The highest BCUT2D eigenvalue weighted by atomic mass is 16.7. The Labute approximate surface area is 127 Å². The van der Waals surface area contributed by atoms with E-state index in [4.69, 9.17) is 9.57 Å². The molecule has 0 aromatic heterocycles. The van der Waals surface area contributed by atoms with Gasteiger partial charge in [-0.05, 0) is 40.0 Å². The molecule has 1 unspecified atom stereocenters. The molecule has 6 heteroatoms. The molecule has 0 saturated heterocycles. The molecule has 0 spiro atoms. The van der Waals surface area contributed by atoms with Crippen LogP contribution in [0.3, 0.4) is 0 Å². The summed E-state index contributed by atoms with van der Waals surface area (Å²) in [4.78, 5) is 17.2. The summed E-state index contributed by atoms with van der Waals surface area (Å²) < 4.78 is 5.19. The summed E-state index contributed by atoms with van der Waals surface area (Å²) in [6.07, 6.45) is 4.17. The number of amides is 1. The van der Waals surface area contributed by atoms with Crippen molar-refractivity contribution >= 4 is 6.09 Å². The van der Waals surface area contributed by atoms with Crippen molar-refractivity contribution in [1.29, 1.82) is 0 Å². The molecule has 124 valence electrons. The monoisotopic (exact) mass is 302 g/mol. The lowest BCUT2D eigenvalue weighted by atomic mass is 10.1. The van der Waals surface area contributed by atoms with Crippen LogP contribution in [0, 0.1) is 0 Å². The fourth-order valence-electron chi connectivity index (χ4n) is 2.33. The average Bonchev–Trinajstić information content (AvgIpc) is 2.86. The van der Waals surface area contributed by atoms with Gasteiger partial charge in [0.1, 0.15) is 5.60 Å². The third-order valence-corrected chi connectivity index (χ3v) is 3.45. The molecule has 0 bridgehead atoms. The number of nitrogens with one attached hydrogen (secondary N) is 2. The molecule has 1 saturated carbocycles. The van der Waals surface area contributed by atoms with E-state index in [1.807, 2.05) is 6.92 Å². The summed E-state index contributed by atoms with van der Waals surface area (Å²) in [6, 6.07) is -0.362. The molecule has 1 aliphatic rings. The van der Waals surface area contributed by atoms with Crippen molar-refractivity contribution in [3.8, 4) is 0 Å². The lowest BCUT2D eigenvalue weighted by molar-refractivity contribution is -0.0419. The minimum absolute atomic E-state index is 0.246. The van der Waals surface area contributed by atoms with Gasteiger partial charge in [-0.25, -0.2) is 4.79 Å². The molecule has 1 aliphatic carbocycles.